The maximum absolute atomic E-state index is 14.6. The summed E-state index contributed by atoms with van der Waals surface area (Å²) in [6.07, 6.45) is 8.23. The van der Waals surface area contributed by atoms with E-state index in [1.165, 1.54) is 0 Å². The van der Waals surface area contributed by atoms with Crippen LogP contribution in [-0.2, 0) is 26.6 Å². The van der Waals surface area contributed by atoms with E-state index in [0.717, 1.165) is 41.6 Å². The summed E-state index contributed by atoms with van der Waals surface area (Å²) >= 11 is 0. The molecule has 1 saturated carbocycles. The molecule has 12 heteroatoms. The second-order valence-corrected chi connectivity index (χ2v) is 19.2. The van der Waals surface area contributed by atoms with E-state index in [0.29, 0.717) is 54.6 Å². The zero-order chi connectivity index (χ0) is 32.6. The van der Waals surface area contributed by atoms with Gasteiger partial charge in [-0.25, -0.2) is 24.9 Å². The van der Waals surface area contributed by atoms with Gasteiger partial charge >= 0.3 is 0 Å². The van der Waals surface area contributed by atoms with E-state index >= 15 is 0 Å². The maximum atomic E-state index is 14.6. The lowest BCUT2D eigenvalue weighted by Crippen LogP contribution is -2.53. The molecule has 1 unspecified atom stereocenters. The topological polar surface area (TPSA) is 119 Å². The highest BCUT2D eigenvalue weighted by Crippen LogP contribution is 2.52. The van der Waals surface area contributed by atoms with E-state index in [-0.39, 0.29) is 22.8 Å². The predicted octanol–water partition coefficient (Wildman–Crippen LogP) is 5.39. The number of carbonyl (C=O) groups excluding carboxylic acids is 2. The molecule has 46 heavy (non-hydrogen) atoms. The third-order valence-electron chi connectivity index (χ3n) is 10.5. The number of rotatable bonds is 7. The van der Waals surface area contributed by atoms with Crippen molar-refractivity contribution in [3.05, 3.63) is 48.3 Å². The summed E-state index contributed by atoms with van der Waals surface area (Å²) < 4.78 is 8.44. The van der Waals surface area contributed by atoms with Crippen LogP contribution in [0.25, 0.3) is 33.8 Å². The Labute approximate surface area is 270 Å². The number of fused-ring (bicyclic) bond motifs is 3. The van der Waals surface area contributed by atoms with Crippen molar-refractivity contribution in [1.82, 2.24) is 34.4 Å². The first-order valence-electron chi connectivity index (χ1n) is 16.2. The van der Waals surface area contributed by atoms with Crippen LogP contribution in [0.2, 0.25) is 18.1 Å². The van der Waals surface area contributed by atoms with Crippen molar-refractivity contribution in [2.75, 3.05) is 24.6 Å². The number of hydrogen-bond acceptors (Lipinski definition) is 8. The molecule has 0 N–H and O–H groups in total. The van der Waals surface area contributed by atoms with Gasteiger partial charge in [-0.05, 0) is 62.9 Å². The highest BCUT2D eigenvalue weighted by molar-refractivity contribution is 6.74. The van der Waals surface area contributed by atoms with Gasteiger partial charge in [-0.1, -0.05) is 26.8 Å². The molecule has 5 heterocycles. The summed E-state index contributed by atoms with van der Waals surface area (Å²) in [4.78, 5) is 55.0. The van der Waals surface area contributed by atoms with E-state index in [9.17, 15) is 9.59 Å². The lowest BCUT2D eigenvalue weighted by atomic mass is 9.86. The molecule has 240 valence electrons. The van der Waals surface area contributed by atoms with Crippen LogP contribution < -0.4 is 4.90 Å². The zero-order valence-corrected chi connectivity index (χ0v) is 28.8. The van der Waals surface area contributed by atoms with Crippen LogP contribution >= 0.6 is 0 Å². The molecule has 2 aliphatic heterocycles. The molecule has 2 fully saturated rings. The molecule has 7 rings (SSSR count). The Morgan fingerprint density at radius 1 is 1.09 bits per heavy atom. The molecule has 1 atom stereocenters. The molecule has 2 amide bonds. The van der Waals surface area contributed by atoms with Crippen molar-refractivity contribution < 1.29 is 14.0 Å². The van der Waals surface area contributed by atoms with Crippen LogP contribution in [0.3, 0.4) is 0 Å². The molecule has 1 spiro atoms. The van der Waals surface area contributed by atoms with Crippen molar-refractivity contribution in [2.45, 2.75) is 77.0 Å². The molecule has 1 saturated heterocycles. The highest BCUT2D eigenvalue weighted by atomic mass is 28.4. The van der Waals surface area contributed by atoms with Gasteiger partial charge in [0, 0.05) is 55.3 Å². The summed E-state index contributed by atoms with van der Waals surface area (Å²) in [5.74, 6) is 1.46. The number of aryl methyl sites for hydroxylation is 2. The Hall–Kier alpha value is -4.03. The first-order valence-corrected chi connectivity index (χ1v) is 19.1. The molecule has 1 aromatic carbocycles. The fourth-order valence-corrected chi connectivity index (χ4v) is 7.71. The van der Waals surface area contributed by atoms with Crippen LogP contribution in [0, 0.1) is 12.8 Å². The van der Waals surface area contributed by atoms with Gasteiger partial charge in [-0.2, -0.15) is 0 Å². The summed E-state index contributed by atoms with van der Waals surface area (Å²) in [7, 11) is -0.0933. The highest BCUT2D eigenvalue weighted by Gasteiger charge is 2.59. The van der Waals surface area contributed by atoms with E-state index in [4.69, 9.17) is 14.4 Å². The molecule has 11 nitrogen and oxygen atoms in total. The summed E-state index contributed by atoms with van der Waals surface area (Å²) in [5, 5.41) is 0.0652. The van der Waals surface area contributed by atoms with Gasteiger partial charge in [0.25, 0.3) is 5.91 Å². The number of carbonyl (C=O) groups is 2. The fourth-order valence-electron chi connectivity index (χ4n) is 6.68. The summed E-state index contributed by atoms with van der Waals surface area (Å²) in [6.45, 7) is 14.4. The minimum atomic E-state index is -2.01. The van der Waals surface area contributed by atoms with Gasteiger partial charge in [-0.15, -0.1) is 0 Å². The van der Waals surface area contributed by atoms with Crippen LogP contribution in [0.4, 0.5) is 5.69 Å². The third-order valence-corrected chi connectivity index (χ3v) is 15.0. The molecule has 0 radical (unpaired) electrons. The van der Waals surface area contributed by atoms with Gasteiger partial charge in [0.15, 0.2) is 14.0 Å². The molecular weight excluding hydrogens is 597 g/mol. The van der Waals surface area contributed by atoms with Crippen molar-refractivity contribution in [2.24, 2.45) is 13.0 Å². The number of imidazole rings is 1. The van der Waals surface area contributed by atoms with Crippen LogP contribution in [0.15, 0.2) is 36.9 Å². The second-order valence-electron chi connectivity index (χ2n) is 14.4. The minimum Gasteiger partial charge on any atom is -0.415 e. The zero-order valence-electron chi connectivity index (χ0n) is 27.8. The van der Waals surface area contributed by atoms with Crippen molar-refractivity contribution in [1.29, 1.82) is 0 Å². The van der Waals surface area contributed by atoms with Gasteiger partial charge in [0.1, 0.15) is 34.7 Å². The predicted molar refractivity (Wildman–Crippen MR) is 178 cm³/mol. The van der Waals surface area contributed by atoms with Gasteiger partial charge < -0.3 is 18.8 Å². The van der Waals surface area contributed by atoms with E-state index < -0.39 is 13.9 Å². The number of nitrogens with zero attached hydrogens (tertiary/aromatic N) is 8. The number of anilines is 1. The average molecular weight is 639 g/mol. The summed E-state index contributed by atoms with van der Waals surface area (Å²) in [5.41, 5.74) is 4.29. The van der Waals surface area contributed by atoms with E-state index in [1.54, 1.807) is 18.7 Å². The molecular formula is C34H42N8O3Si. The molecule has 1 aliphatic carbocycles. The Morgan fingerprint density at radius 2 is 1.83 bits per heavy atom. The number of amides is 2. The number of likely N-dealkylation sites (tertiary alicyclic amines) is 1. The van der Waals surface area contributed by atoms with Crippen LogP contribution in [0.1, 0.15) is 57.8 Å². The average Bonchev–Trinajstić information content (AvgIpc) is 3.63. The number of aromatic nitrogens is 6. The van der Waals surface area contributed by atoms with Crippen LogP contribution in [0.5, 0.6) is 0 Å². The number of benzene rings is 1. The van der Waals surface area contributed by atoms with Crippen molar-refractivity contribution in [3.63, 3.8) is 0 Å². The standard InChI is InChI=1S/C34H42N8O3Si/c1-21-35-18-24(19-36-21)29-39-28-27(37-20-38-30(28)40(29)5)23-11-12-26-25(17-23)34(13-8-14-42(34)31(43)22-9-10-22)32(44)41(26)15-16-45-46(6,7)33(2,3)4/h11-12,17-20,22H,8-10,13-16H2,1-7H3. The summed E-state index contributed by atoms with van der Waals surface area (Å²) in [6, 6.07) is 6.07. The Kier molecular flexibility index (Phi) is 7.16. The normalized spacial score (nSPS) is 19.9. The Bertz CT molecular complexity index is 1860. The van der Waals surface area contributed by atoms with E-state index in [1.807, 2.05) is 40.5 Å². The lowest BCUT2D eigenvalue weighted by molar-refractivity contribution is -0.144. The quantitative estimate of drug-likeness (QED) is 0.247. The Morgan fingerprint density at radius 3 is 2.52 bits per heavy atom. The molecule has 4 aromatic rings. The fraction of sp³-hybridized carbons (Fsp3) is 0.500. The smallest absolute Gasteiger partial charge is 0.257 e. The largest absolute Gasteiger partial charge is 0.415 e. The third kappa shape index (κ3) is 4.76. The number of hydrogen-bond donors (Lipinski definition) is 0. The Balaban J connectivity index is 1.31. The molecule has 3 aliphatic rings. The first-order chi connectivity index (χ1) is 21.8. The monoisotopic (exact) mass is 638 g/mol. The van der Waals surface area contributed by atoms with Gasteiger partial charge in [0.2, 0.25) is 5.91 Å². The SMILES string of the molecule is Cc1ncc(-c2nc3c(-c4ccc5c(c4)C4(CCCN4C(=O)C4CC4)C(=O)N5CCO[Si](C)(C)C(C)(C)C)ncnc3n2C)cn1. The lowest BCUT2D eigenvalue weighted by Gasteiger charge is -2.37. The van der Waals surface area contributed by atoms with Crippen molar-refractivity contribution in [3.8, 4) is 22.6 Å². The molecule has 0 bridgehead atoms. The van der Waals surface area contributed by atoms with Crippen molar-refractivity contribution >= 4 is 37.0 Å². The van der Waals surface area contributed by atoms with Gasteiger partial charge in [0.05, 0.1) is 12.2 Å². The molecule has 3 aromatic heterocycles. The van der Waals surface area contributed by atoms with E-state index in [2.05, 4.69) is 54.9 Å². The second kappa shape index (κ2) is 10.8. The first kappa shape index (κ1) is 30.6. The van der Waals surface area contributed by atoms with Crippen LogP contribution in [-0.4, -0.2) is 74.2 Å². The minimum absolute atomic E-state index is 0.0181. The van der Waals surface area contributed by atoms with Gasteiger partial charge in [-0.3, -0.25) is 9.59 Å². The maximum Gasteiger partial charge on any atom is 0.257 e.